The number of carbonyl (C=O) groups excluding carboxylic acids is 1. The van der Waals surface area contributed by atoms with Crippen molar-refractivity contribution in [1.82, 2.24) is 0 Å². The van der Waals surface area contributed by atoms with Crippen molar-refractivity contribution in [2.75, 3.05) is 6.61 Å². The Morgan fingerprint density at radius 2 is 2.12 bits per heavy atom. The first kappa shape index (κ1) is 12.2. The van der Waals surface area contributed by atoms with Crippen molar-refractivity contribution >= 4 is 41.1 Å². The van der Waals surface area contributed by atoms with Crippen LogP contribution in [-0.2, 0) is 4.79 Å². The van der Waals surface area contributed by atoms with Gasteiger partial charge >= 0.3 is 0 Å². The molecule has 1 fully saturated rings. The van der Waals surface area contributed by atoms with E-state index < -0.39 is 15.7 Å². The zero-order valence-corrected chi connectivity index (χ0v) is 10.4. The standard InChI is InChI=1S/C11H9Cl3O2/c12-8-3-1-2-7(4-8)9-10(5-15,6-16)11(9,13)14/h1-5,9,16H,6H2. The lowest BCUT2D eigenvalue weighted by Crippen LogP contribution is -2.16. The number of halogens is 3. The maximum Gasteiger partial charge on any atom is 0.141 e. The van der Waals surface area contributed by atoms with Crippen molar-refractivity contribution in [3.63, 3.8) is 0 Å². The van der Waals surface area contributed by atoms with E-state index in [1.54, 1.807) is 24.3 Å². The Morgan fingerprint density at radius 1 is 1.44 bits per heavy atom. The van der Waals surface area contributed by atoms with Crippen LogP contribution in [0.4, 0.5) is 0 Å². The van der Waals surface area contributed by atoms with Gasteiger partial charge in [-0.25, -0.2) is 0 Å². The molecular formula is C11H9Cl3O2. The summed E-state index contributed by atoms with van der Waals surface area (Å²) in [6, 6.07) is 6.97. The minimum atomic E-state index is -1.26. The lowest BCUT2D eigenvalue weighted by molar-refractivity contribution is -0.113. The zero-order chi connectivity index (χ0) is 12.0. The summed E-state index contributed by atoms with van der Waals surface area (Å²) in [7, 11) is 0. The number of benzene rings is 1. The number of aldehydes is 1. The number of alkyl halides is 2. The Morgan fingerprint density at radius 3 is 2.56 bits per heavy atom. The van der Waals surface area contributed by atoms with Crippen LogP contribution in [0.15, 0.2) is 24.3 Å². The number of hydrogen-bond acceptors (Lipinski definition) is 2. The predicted molar refractivity (Wildman–Crippen MR) is 64.2 cm³/mol. The van der Waals surface area contributed by atoms with Gasteiger partial charge in [-0.15, -0.1) is 0 Å². The van der Waals surface area contributed by atoms with Crippen molar-refractivity contribution in [3.05, 3.63) is 34.9 Å². The molecule has 0 radical (unpaired) electrons. The van der Waals surface area contributed by atoms with E-state index in [9.17, 15) is 9.90 Å². The average Bonchev–Trinajstić information content (AvgIpc) is 2.75. The van der Waals surface area contributed by atoms with Crippen LogP contribution in [0.25, 0.3) is 0 Å². The van der Waals surface area contributed by atoms with Crippen molar-refractivity contribution in [2.24, 2.45) is 5.41 Å². The molecule has 86 valence electrons. The van der Waals surface area contributed by atoms with Crippen LogP contribution in [0, 0.1) is 5.41 Å². The third kappa shape index (κ3) is 1.48. The first-order chi connectivity index (χ1) is 7.49. The fourth-order valence-corrected chi connectivity index (χ4v) is 3.21. The molecule has 1 saturated carbocycles. The number of aliphatic hydroxyl groups is 1. The SMILES string of the molecule is O=CC1(CO)C(c2cccc(Cl)c2)C1(Cl)Cl. The molecule has 0 heterocycles. The van der Waals surface area contributed by atoms with Gasteiger partial charge in [0.15, 0.2) is 0 Å². The van der Waals surface area contributed by atoms with Crippen molar-refractivity contribution < 1.29 is 9.90 Å². The van der Waals surface area contributed by atoms with E-state index in [2.05, 4.69) is 0 Å². The molecule has 0 aliphatic heterocycles. The fraction of sp³-hybridized carbons (Fsp3) is 0.364. The van der Waals surface area contributed by atoms with Crippen LogP contribution in [0.3, 0.4) is 0 Å². The summed E-state index contributed by atoms with van der Waals surface area (Å²) in [5.41, 5.74) is -0.348. The molecule has 0 saturated heterocycles. The van der Waals surface area contributed by atoms with E-state index in [0.717, 1.165) is 5.56 Å². The molecule has 16 heavy (non-hydrogen) atoms. The monoisotopic (exact) mass is 278 g/mol. The minimum Gasteiger partial charge on any atom is -0.395 e. The van der Waals surface area contributed by atoms with Gasteiger partial charge in [-0.2, -0.15) is 0 Å². The Hall–Kier alpha value is -0.280. The quantitative estimate of drug-likeness (QED) is 0.682. The van der Waals surface area contributed by atoms with Gasteiger partial charge in [0.05, 0.1) is 12.0 Å². The molecule has 0 spiro atoms. The molecule has 2 rings (SSSR count). The van der Waals surface area contributed by atoms with E-state index >= 15 is 0 Å². The predicted octanol–water partition coefficient (Wildman–Crippen LogP) is 2.79. The molecule has 0 aromatic heterocycles. The van der Waals surface area contributed by atoms with Gasteiger partial charge in [0.1, 0.15) is 10.6 Å². The average molecular weight is 280 g/mol. The summed E-state index contributed by atoms with van der Waals surface area (Å²) in [5, 5.41) is 9.81. The van der Waals surface area contributed by atoms with Crippen LogP contribution in [-0.4, -0.2) is 22.3 Å². The van der Waals surface area contributed by atoms with Gasteiger partial charge in [0, 0.05) is 10.9 Å². The van der Waals surface area contributed by atoms with Gasteiger partial charge in [0.25, 0.3) is 0 Å². The highest BCUT2D eigenvalue weighted by Crippen LogP contribution is 2.72. The van der Waals surface area contributed by atoms with Crippen molar-refractivity contribution in [3.8, 4) is 0 Å². The van der Waals surface area contributed by atoms with Crippen molar-refractivity contribution in [2.45, 2.75) is 10.3 Å². The summed E-state index contributed by atoms with van der Waals surface area (Å²) < 4.78 is -1.26. The minimum absolute atomic E-state index is 0.374. The summed E-state index contributed by atoms with van der Waals surface area (Å²) in [4.78, 5) is 11.0. The molecule has 2 unspecified atom stereocenters. The maximum atomic E-state index is 11.0. The first-order valence-electron chi connectivity index (χ1n) is 4.70. The second-order valence-electron chi connectivity index (χ2n) is 3.93. The van der Waals surface area contributed by atoms with E-state index in [1.165, 1.54) is 0 Å². The Labute approximate surface area is 108 Å². The molecule has 5 heteroatoms. The largest absolute Gasteiger partial charge is 0.395 e. The molecule has 0 amide bonds. The van der Waals surface area contributed by atoms with Crippen LogP contribution >= 0.6 is 34.8 Å². The van der Waals surface area contributed by atoms with Crippen LogP contribution in [0.2, 0.25) is 5.02 Å². The van der Waals surface area contributed by atoms with Gasteiger partial charge in [0.2, 0.25) is 0 Å². The molecule has 2 atom stereocenters. The second-order valence-corrected chi connectivity index (χ2v) is 5.75. The van der Waals surface area contributed by atoms with Gasteiger partial charge in [-0.05, 0) is 17.7 Å². The molecule has 1 aliphatic carbocycles. The smallest absolute Gasteiger partial charge is 0.141 e. The highest BCUT2D eigenvalue weighted by Gasteiger charge is 2.76. The summed E-state index contributed by atoms with van der Waals surface area (Å²) >= 11 is 17.9. The molecule has 2 nitrogen and oxygen atoms in total. The summed E-state index contributed by atoms with van der Waals surface area (Å²) in [6.45, 7) is -0.374. The van der Waals surface area contributed by atoms with Crippen LogP contribution < -0.4 is 0 Å². The summed E-state index contributed by atoms with van der Waals surface area (Å²) in [5.74, 6) is -0.412. The van der Waals surface area contributed by atoms with Gasteiger partial charge in [-0.1, -0.05) is 46.9 Å². The van der Waals surface area contributed by atoms with E-state index in [0.29, 0.717) is 11.3 Å². The number of hydrogen-bond donors (Lipinski definition) is 1. The number of carbonyl (C=O) groups is 1. The molecule has 1 aromatic carbocycles. The van der Waals surface area contributed by atoms with Crippen LogP contribution in [0.5, 0.6) is 0 Å². The number of aliphatic hydroxyl groups excluding tert-OH is 1. The number of rotatable bonds is 3. The third-order valence-electron chi connectivity index (χ3n) is 3.07. The van der Waals surface area contributed by atoms with Gasteiger partial charge in [-0.3, -0.25) is 0 Å². The second kappa shape index (κ2) is 3.88. The topological polar surface area (TPSA) is 37.3 Å². The summed E-state index contributed by atoms with van der Waals surface area (Å²) in [6.07, 6.45) is 0.624. The maximum absolute atomic E-state index is 11.0. The van der Waals surface area contributed by atoms with E-state index in [-0.39, 0.29) is 6.61 Å². The molecule has 1 aromatic rings. The molecule has 0 bridgehead atoms. The van der Waals surface area contributed by atoms with Gasteiger partial charge < -0.3 is 9.90 Å². The lowest BCUT2D eigenvalue weighted by Gasteiger charge is -2.04. The molecule has 1 N–H and O–H groups in total. The van der Waals surface area contributed by atoms with Crippen LogP contribution in [0.1, 0.15) is 11.5 Å². The first-order valence-corrected chi connectivity index (χ1v) is 5.83. The highest BCUT2D eigenvalue weighted by molar-refractivity contribution is 6.54. The van der Waals surface area contributed by atoms with E-state index in [4.69, 9.17) is 34.8 Å². The Kier molecular flexibility index (Phi) is 2.96. The normalized spacial score (nSPS) is 31.1. The zero-order valence-electron chi connectivity index (χ0n) is 8.16. The Bertz CT molecular complexity index is 433. The fourth-order valence-electron chi connectivity index (χ4n) is 2.05. The third-order valence-corrected chi connectivity index (χ3v) is 4.44. The van der Waals surface area contributed by atoms with E-state index in [1.807, 2.05) is 0 Å². The molecule has 1 aliphatic rings. The highest BCUT2D eigenvalue weighted by atomic mass is 35.5. The van der Waals surface area contributed by atoms with Crippen molar-refractivity contribution in [1.29, 1.82) is 0 Å². The molecular weight excluding hydrogens is 270 g/mol. The Balaban J connectivity index is 2.41. The lowest BCUT2D eigenvalue weighted by atomic mass is 10.0.